The summed E-state index contributed by atoms with van der Waals surface area (Å²) < 4.78 is 1.12. The van der Waals surface area contributed by atoms with Crippen molar-refractivity contribution in [3.63, 3.8) is 0 Å². The van der Waals surface area contributed by atoms with Crippen LogP contribution < -0.4 is 11.1 Å². The molecule has 0 amide bonds. The summed E-state index contributed by atoms with van der Waals surface area (Å²) in [6, 6.07) is 8.40. The molecule has 2 atom stereocenters. The fourth-order valence-corrected chi connectivity index (χ4v) is 3.54. The van der Waals surface area contributed by atoms with Gasteiger partial charge in [-0.05, 0) is 43.4 Å². The fourth-order valence-electron chi connectivity index (χ4n) is 3.14. The molecule has 1 saturated carbocycles. The molecule has 1 aromatic carbocycles. The van der Waals surface area contributed by atoms with E-state index >= 15 is 0 Å². The van der Waals surface area contributed by atoms with Crippen molar-refractivity contribution in [2.45, 2.75) is 51.0 Å². The number of rotatable bonds is 4. The molecule has 3 N–H and O–H groups in total. The van der Waals surface area contributed by atoms with Gasteiger partial charge in [-0.15, -0.1) is 0 Å². The van der Waals surface area contributed by atoms with Gasteiger partial charge >= 0.3 is 0 Å². The average Bonchev–Trinajstić information content (AvgIpc) is 2.62. The first-order valence-electron chi connectivity index (χ1n) is 7.41. The summed E-state index contributed by atoms with van der Waals surface area (Å²) >= 11 is 3.53. The molecular formula is C16H25BrN2. The number of anilines is 1. The summed E-state index contributed by atoms with van der Waals surface area (Å²) in [5, 5.41) is 3.71. The molecular weight excluding hydrogens is 300 g/mol. The Morgan fingerprint density at radius 1 is 1.37 bits per heavy atom. The van der Waals surface area contributed by atoms with Gasteiger partial charge < -0.3 is 11.1 Å². The van der Waals surface area contributed by atoms with E-state index < -0.39 is 0 Å². The Balaban J connectivity index is 2.09. The van der Waals surface area contributed by atoms with Crippen LogP contribution in [-0.4, -0.2) is 12.1 Å². The minimum Gasteiger partial charge on any atom is -0.378 e. The Labute approximate surface area is 125 Å². The normalized spacial score (nSPS) is 27.8. The Kier molecular flexibility index (Phi) is 5.28. The zero-order chi connectivity index (χ0) is 13.7. The second kappa shape index (κ2) is 6.76. The van der Waals surface area contributed by atoms with Gasteiger partial charge in [-0.3, -0.25) is 0 Å². The zero-order valence-electron chi connectivity index (χ0n) is 11.8. The SMILES string of the molecule is CCC1CCCC(CN)(Nc2cccc(Br)c2)CC1. The summed E-state index contributed by atoms with van der Waals surface area (Å²) in [6.45, 7) is 3.03. The average molecular weight is 325 g/mol. The van der Waals surface area contributed by atoms with Gasteiger partial charge in [0, 0.05) is 22.2 Å². The van der Waals surface area contributed by atoms with E-state index in [-0.39, 0.29) is 5.54 Å². The molecule has 1 aliphatic rings. The molecule has 3 heteroatoms. The number of nitrogens with two attached hydrogens (primary N) is 1. The molecule has 1 aliphatic carbocycles. The van der Waals surface area contributed by atoms with Crippen LogP contribution in [0.4, 0.5) is 5.69 Å². The van der Waals surface area contributed by atoms with Crippen molar-refractivity contribution in [2.24, 2.45) is 11.7 Å². The lowest BCUT2D eigenvalue weighted by atomic mass is 9.89. The second-order valence-electron chi connectivity index (χ2n) is 5.82. The Morgan fingerprint density at radius 3 is 2.89 bits per heavy atom. The lowest BCUT2D eigenvalue weighted by Gasteiger charge is -2.34. The van der Waals surface area contributed by atoms with Crippen LogP contribution in [0, 0.1) is 5.92 Å². The van der Waals surface area contributed by atoms with E-state index in [0.29, 0.717) is 0 Å². The van der Waals surface area contributed by atoms with Crippen LogP contribution in [0.15, 0.2) is 28.7 Å². The monoisotopic (exact) mass is 324 g/mol. The number of benzene rings is 1. The fraction of sp³-hybridized carbons (Fsp3) is 0.625. The Morgan fingerprint density at radius 2 is 2.21 bits per heavy atom. The van der Waals surface area contributed by atoms with E-state index in [4.69, 9.17) is 5.73 Å². The standard InChI is InChI=1S/C16H25BrN2/c1-2-13-5-4-9-16(12-18,10-8-13)19-15-7-3-6-14(17)11-15/h3,6-7,11,13,19H,2,4-5,8-10,12,18H2,1H3. The van der Waals surface area contributed by atoms with Crippen LogP contribution in [0.1, 0.15) is 45.4 Å². The Hall–Kier alpha value is -0.540. The molecule has 0 bridgehead atoms. The summed E-state index contributed by atoms with van der Waals surface area (Å²) in [6.07, 6.45) is 7.63. The molecule has 0 saturated heterocycles. The van der Waals surface area contributed by atoms with Crippen LogP contribution in [0.5, 0.6) is 0 Å². The maximum atomic E-state index is 6.11. The highest BCUT2D eigenvalue weighted by Gasteiger charge is 2.31. The van der Waals surface area contributed by atoms with E-state index in [9.17, 15) is 0 Å². The van der Waals surface area contributed by atoms with E-state index in [1.54, 1.807) is 0 Å². The van der Waals surface area contributed by atoms with Crippen molar-refractivity contribution in [3.05, 3.63) is 28.7 Å². The maximum absolute atomic E-state index is 6.11. The minimum absolute atomic E-state index is 0.0880. The van der Waals surface area contributed by atoms with Crippen molar-refractivity contribution >= 4 is 21.6 Å². The quantitative estimate of drug-likeness (QED) is 0.797. The predicted octanol–water partition coefficient (Wildman–Crippen LogP) is 4.55. The Bertz CT molecular complexity index is 407. The molecule has 0 aliphatic heterocycles. The highest BCUT2D eigenvalue weighted by Crippen LogP contribution is 2.34. The van der Waals surface area contributed by atoms with Gasteiger partial charge in [-0.1, -0.05) is 48.2 Å². The number of nitrogens with one attached hydrogen (secondary N) is 1. The van der Waals surface area contributed by atoms with E-state index in [1.165, 1.54) is 44.2 Å². The molecule has 2 unspecified atom stereocenters. The number of hydrogen-bond donors (Lipinski definition) is 2. The summed E-state index contributed by atoms with van der Waals surface area (Å²) in [4.78, 5) is 0. The van der Waals surface area contributed by atoms with Crippen LogP contribution in [0.2, 0.25) is 0 Å². The third-order valence-corrected chi connectivity index (χ3v) is 4.99. The van der Waals surface area contributed by atoms with Crippen molar-refractivity contribution in [2.75, 3.05) is 11.9 Å². The summed E-state index contributed by atoms with van der Waals surface area (Å²) in [5.74, 6) is 0.887. The van der Waals surface area contributed by atoms with Gasteiger partial charge in [-0.25, -0.2) is 0 Å². The van der Waals surface area contributed by atoms with Gasteiger partial charge in [0.1, 0.15) is 0 Å². The van der Waals surface area contributed by atoms with E-state index in [1.807, 2.05) is 0 Å². The third kappa shape index (κ3) is 3.96. The largest absolute Gasteiger partial charge is 0.378 e. The molecule has 2 nitrogen and oxygen atoms in total. The first kappa shape index (κ1) is 14.9. The maximum Gasteiger partial charge on any atom is 0.0495 e. The number of halogens is 1. The zero-order valence-corrected chi connectivity index (χ0v) is 13.4. The van der Waals surface area contributed by atoms with Crippen LogP contribution in [-0.2, 0) is 0 Å². The first-order chi connectivity index (χ1) is 9.17. The van der Waals surface area contributed by atoms with Gasteiger partial charge in [-0.2, -0.15) is 0 Å². The molecule has 2 rings (SSSR count). The molecule has 1 fully saturated rings. The molecule has 0 aromatic heterocycles. The van der Waals surface area contributed by atoms with E-state index in [0.717, 1.165) is 16.9 Å². The molecule has 1 aromatic rings. The van der Waals surface area contributed by atoms with E-state index in [2.05, 4.69) is 52.4 Å². The van der Waals surface area contributed by atoms with Crippen LogP contribution >= 0.6 is 15.9 Å². The highest BCUT2D eigenvalue weighted by molar-refractivity contribution is 9.10. The van der Waals surface area contributed by atoms with Crippen LogP contribution in [0.25, 0.3) is 0 Å². The lowest BCUT2D eigenvalue weighted by molar-refractivity contribution is 0.398. The number of hydrogen-bond acceptors (Lipinski definition) is 2. The first-order valence-corrected chi connectivity index (χ1v) is 8.20. The predicted molar refractivity (Wildman–Crippen MR) is 86.4 cm³/mol. The van der Waals surface area contributed by atoms with Crippen LogP contribution in [0.3, 0.4) is 0 Å². The molecule has 19 heavy (non-hydrogen) atoms. The highest BCUT2D eigenvalue weighted by atomic mass is 79.9. The second-order valence-corrected chi connectivity index (χ2v) is 6.74. The van der Waals surface area contributed by atoms with Gasteiger partial charge in [0.2, 0.25) is 0 Å². The molecule has 106 valence electrons. The van der Waals surface area contributed by atoms with Crippen molar-refractivity contribution in [3.8, 4) is 0 Å². The topological polar surface area (TPSA) is 38.0 Å². The molecule has 0 radical (unpaired) electrons. The molecule has 0 spiro atoms. The van der Waals surface area contributed by atoms with Crippen molar-refractivity contribution in [1.29, 1.82) is 0 Å². The van der Waals surface area contributed by atoms with Gasteiger partial charge in [0.25, 0.3) is 0 Å². The minimum atomic E-state index is 0.0880. The van der Waals surface area contributed by atoms with Crippen molar-refractivity contribution < 1.29 is 0 Å². The summed E-state index contributed by atoms with van der Waals surface area (Å²) in [5.41, 5.74) is 7.37. The van der Waals surface area contributed by atoms with Crippen molar-refractivity contribution in [1.82, 2.24) is 0 Å². The lowest BCUT2D eigenvalue weighted by Crippen LogP contribution is -2.45. The molecule has 0 heterocycles. The smallest absolute Gasteiger partial charge is 0.0495 e. The van der Waals surface area contributed by atoms with Gasteiger partial charge in [0.15, 0.2) is 0 Å². The van der Waals surface area contributed by atoms with Gasteiger partial charge in [0.05, 0.1) is 0 Å². The third-order valence-electron chi connectivity index (χ3n) is 4.50. The summed E-state index contributed by atoms with van der Waals surface area (Å²) in [7, 11) is 0.